The van der Waals surface area contributed by atoms with Gasteiger partial charge in [0.25, 0.3) is 6.17 Å². The number of nitrogen functional groups attached to an aromatic ring is 1. The summed E-state index contributed by atoms with van der Waals surface area (Å²) in [5, 5.41) is 0.761. The Morgan fingerprint density at radius 2 is 1.72 bits per heavy atom. The molecule has 102 valence electrons. The maximum Gasteiger partial charge on any atom is 0.427 e. The van der Waals surface area contributed by atoms with E-state index in [4.69, 9.17) is 17.3 Å². The van der Waals surface area contributed by atoms with Crippen molar-refractivity contribution >= 4 is 23.0 Å². The summed E-state index contributed by atoms with van der Waals surface area (Å²) in [7, 11) is 0. The summed E-state index contributed by atoms with van der Waals surface area (Å²) in [5.41, 5.74) is 4.84. The van der Waals surface area contributed by atoms with Crippen molar-refractivity contribution in [2.75, 3.05) is 11.1 Å². The summed E-state index contributed by atoms with van der Waals surface area (Å²) in [6.45, 7) is 0. The van der Waals surface area contributed by atoms with E-state index in [0.717, 1.165) is 23.5 Å². The van der Waals surface area contributed by atoms with Crippen LogP contribution in [0.25, 0.3) is 0 Å². The molecule has 0 aliphatic carbocycles. The van der Waals surface area contributed by atoms with Crippen LogP contribution >= 0.6 is 11.6 Å². The Bertz CT molecular complexity index is 434. The molecule has 0 saturated heterocycles. The molecule has 9 heteroatoms. The molecule has 1 unspecified atom stereocenters. The largest absolute Gasteiger partial charge is 0.427 e. The molecule has 0 radical (unpaired) electrons. The van der Waals surface area contributed by atoms with Crippen molar-refractivity contribution < 1.29 is 26.3 Å². The van der Waals surface area contributed by atoms with Gasteiger partial charge in [-0.1, -0.05) is 11.6 Å². The van der Waals surface area contributed by atoms with Crippen molar-refractivity contribution in [1.29, 1.82) is 0 Å². The van der Waals surface area contributed by atoms with Crippen LogP contribution in [0.3, 0.4) is 0 Å². The van der Waals surface area contributed by atoms with Crippen LogP contribution in [0.15, 0.2) is 18.2 Å². The Kier molecular flexibility index (Phi) is 3.89. The minimum absolute atomic E-state index is 0.126. The van der Waals surface area contributed by atoms with Crippen LogP contribution in [0.5, 0.6) is 0 Å². The third-order valence-electron chi connectivity index (χ3n) is 1.90. The molecule has 2 nitrogen and oxygen atoms in total. The van der Waals surface area contributed by atoms with Gasteiger partial charge in [0, 0.05) is 5.69 Å². The van der Waals surface area contributed by atoms with E-state index in [9.17, 15) is 26.3 Å². The second-order valence-corrected chi connectivity index (χ2v) is 3.80. The molecule has 0 aliphatic heterocycles. The van der Waals surface area contributed by atoms with Crippen molar-refractivity contribution in [3.05, 3.63) is 23.2 Å². The predicted molar refractivity (Wildman–Crippen MR) is 55.4 cm³/mol. The third kappa shape index (κ3) is 3.34. The fraction of sp³-hybridized carbons (Fsp3) is 0.333. The fourth-order valence-corrected chi connectivity index (χ4v) is 1.32. The fourth-order valence-electron chi connectivity index (χ4n) is 1.08. The van der Waals surface area contributed by atoms with E-state index in [1.807, 2.05) is 0 Å². The van der Waals surface area contributed by atoms with Crippen LogP contribution in [-0.4, -0.2) is 18.4 Å². The van der Waals surface area contributed by atoms with Gasteiger partial charge < -0.3 is 11.1 Å². The molecule has 0 saturated carbocycles. The van der Waals surface area contributed by atoms with Gasteiger partial charge in [0.1, 0.15) is 0 Å². The van der Waals surface area contributed by atoms with Gasteiger partial charge in [-0.15, -0.1) is 0 Å². The zero-order valence-electron chi connectivity index (χ0n) is 8.53. The molecule has 1 aromatic rings. The van der Waals surface area contributed by atoms with Gasteiger partial charge in [-0.25, -0.2) is 4.39 Å². The molecule has 0 heterocycles. The topological polar surface area (TPSA) is 38.0 Å². The number of hydrogen-bond donors (Lipinski definition) is 2. The molecule has 0 spiro atoms. The van der Waals surface area contributed by atoms with Gasteiger partial charge in [-0.3, -0.25) is 0 Å². The van der Waals surface area contributed by atoms with E-state index >= 15 is 0 Å². The van der Waals surface area contributed by atoms with Crippen molar-refractivity contribution in [1.82, 2.24) is 0 Å². The maximum absolute atomic E-state index is 13.0. The summed E-state index contributed by atoms with van der Waals surface area (Å²) < 4.78 is 74.1. The normalized spacial score (nSPS) is 14.4. The Morgan fingerprint density at radius 3 is 2.17 bits per heavy atom. The first-order valence-electron chi connectivity index (χ1n) is 4.46. The lowest BCUT2D eigenvalue weighted by Gasteiger charge is -2.24. The number of nitrogens with one attached hydrogen (secondary N) is 1. The van der Waals surface area contributed by atoms with Crippen LogP contribution in [-0.2, 0) is 0 Å². The number of hydrogen-bond acceptors (Lipinski definition) is 2. The van der Waals surface area contributed by atoms with Gasteiger partial charge in [-0.2, -0.15) is 22.0 Å². The van der Waals surface area contributed by atoms with E-state index < -0.39 is 24.1 Å². The zero-order chi connectivity index (χ0) is 14.1. The molecular formula is C9H7ClF6N2. The van der Waals surface area contributed by atoms with Crippen LogP contribution in [0.2, 0.25) is 5.02 Å². The molecule has 0 bridgehead atoms. The highest BCUT2D eigenvalue weighted by Crippen LogP contribution is 2.37. The standard InChI is InChI=1S/C9H7ClF6N2/c10-5-3-4(17)1-2-6(5)18-9(15,16)7(11)8(12,13)14/h1-3,7,18H,17H2. The average Bonchev–Trinajstić information content (AvgIpc) is 2.20. The van der Waals surface area contributed by atoms with Gasteiger partial charge in [0.15, 0.2) is 0 Å². The molecular weight excluding hydrogens is 286 g/mol. The minimum atomic E-state index is -5.68. The number of alkyl halides is 6. The summed E-state index contributed by atoms with van der Waals surface area (Å²) in [6.07, 6.45) is -10.0. The van der Waals surface area contributed by atoms with E-state index in [0.29, 0.717) is 0 Å². The Labute approximate surface area is 103 Å². The molecule has 3 N–H and O–H groups in total. The lowest BCUT2D eigenvalue weighted by atomic mass is 10.2. The summed E-state index contributed by atoms with van der Waals surface area (Å²) in [5.74, 6) is 0. The predicted octanol–water partition coefficient (Wildman–Crippen LogP) is 3.83. The molecule has 1 aromatic carbocycles. The highest BCUT2D eigenvalue weighted by molar-refractivity contribution is 6.33. The van der Waals surface area contributed by atoms with Crippen LogP contribution in [0.4, 0.5) is 37.7 Å². The van der Waals surface area contributed by atoms with E-state index in [1.54, 1.807) is 0 Å². The Morgan fingerprint density at radius 1 is 1.17 bits per heavy atom. The number of halogens is 7. The number of anilines is 2. The second-order valence-electron chi connectivity index (χ2n) is 3.39. The lowest BCUT2D eigenvalue weighted by Crippen LogP contribution is -2.47. The van der Waals surface area contributed by atoms with Crippen molar-refractivity contribution in [3.8, 4) is 0 Å². The summed E-state index contributed by atoms with van der Waals surface area (Å²) in [6, 6.07) is -1.74. The minimum Gasteiger partial charge on any atom is -0.399 e. The number of rotatable bonds is 3. The molecule has 0 aliphatic rings. The maximum atomic E-state index is 13.0. The van der Waals surface area contributed by atoms with Crippen LogP contribution in [0.1, 0.15) is 0 Å². The molecule has 18 heavy (non-hydrogen) atoms. The monoisotopic (exact) mass is 292 g/mol. The van der Waals surface area contributed by atoms with Crippen LogP contribution < -0.4 is 11.1 Å². The third-order valence-corrected chi connectivity index (χ3v) is 2.21. The first kappa shape index (κ1) is 14.7. The Hall–Kier alpha value is -1.31. The molecule has 1 rings (SSSR count). The van der Waals surface area contributed by atoms with Crippen molar-refractivity contribution in [2.45, 2.75) is 18.4 Å². The van der Waals surface area contributed by atoms with Gasteiger partial charge in [0.05, 0.1) is 10.7 Å². The molecule has 1 atom stereocenters. The highest BCUT2D eigenvalue weighted by atomic mass is 35.5. The zero-order valence-corrected chi connectivity index (χ0v) is 9.29. The van der Waals surface area contributed by atoms with Crippen LogP contribution in [0, 0.1) is 0 Å². The Balaban J connectivity index is 2.95. The average molecular weight is 293 g/mol. The SMILES string of the molecule is Nc1ccc(NC(F)(F)C(F)C(F)(F)F)c(Cl)c1. The quantitative estimate of drug-likeness (QED) is 0.505. The van der Waals surface area contributed by atoms with Gasteiger partial charge >= 0.3 is 12.2 Å². The van der Waals surface area contributed by atoms with E-state index in [2.05, 4.69) is 0 Å². The van der Waals surface area contributed by atoms with Crippen molar-refractivity contribution in [2.24, 2.45) is 0 Å². The number of benzene rings is 1. The lowest BCUT2D eigenvalue weighted by molar-refractivity contribution is -0.236. The van der Waals surface area contributed by atoms with E-state index in [-0.39, 0.29) is 10.7 Å². The molecule has 0 fully saturated rings. The second kappa shape index (κ2) is 4.75. The van der Waals surface area contributed by atoms with Gasteiger partial charge in [0.2, 0.25) is 0 Å². The summed E-state index contributed by atoms with van der Waals surface area (Å²) >= 11 is 5.47. The molecule has 0 aromatic heterocycles. The molecule has 0 amide bonds. The smallest absolute Gasteiger partial charge is 0.399 e. The first-order chi connectivity index (χ1) is 8.04. The summed E-state index contributed by atoms with van der Waals surface area (Å²) in [4.78, 5) is 0. The van der Waals surface area contributed by atoms with E-state index in [1.165, 1.54) is 0 Å². The highest BCUT2D eigenvalue weighted by Gasteiger charge is 2.57. The number of nitrogens with two attached hydrogens (primary N) is 1. The van der Waals surface area contributed by atoms with Crippen molar-refractivity contribution in [3.63, 3.8) is 0 Å². The van der Waals surface area contributed by atoms with Gasteiger partial charge in [-0.05, 0) is 18.2 Å². The first-order valence-corrected chi connectivity index (χ1v) is 4.83.